The number of Topliss-reactive ketones (excluding diaryl/α,β-unsaturated/α-hetero) is 1. The molecule has 0 aliphatic heterocycles. The lowest BCUT2D eigenvalue weighted by atomic mass is 9.82. The fraction of sp³-hybridized carbons (Fsp3) is 0.250. The predicted molar refractivity (Wildman–Crippen MR) is 123 cm³/mol. The number of benzene rings is 2. The van der Waals surface area contributed by atoms with E-state index in [2.05, 4.69) is 15.3 Å². The molecule has 4 rings (SSSR count). The summed E-state index contributed by atoms with van der Waals surface area (Å²) in [5, 5.41) is 2.98. The number of ether oxygens (including phenoxy) is 3. The molecule has 1 heterocycles. The fourth-order valence-electron chi connectivity index (χ4n) is 3.89. The molecule has 8 nitrogen and oxygen atoms in total. The SMILES string of the molecule is COc1cc([C@@H]2CC(=O)c3cnc(NC(=O)c4ccccc4Cl)nc3C2)cc(OC)c1OC. The molecule has 0 spiro atoms. The molecule has 9 heteroatoms. The number of ketones is 1. The highest BCUT2D eigenvalue weighted by Gasteiger charge is 2.30. The van der Waals surface area contributed by atoms with Gasteiger partial charge in [0.25, 0.3) is 5.91 Å². The molecular weight excluding hydrogens is 446 g/mol. The first-order valence-electron chi connectivity index (χ1n) is 10.2. The third kappa shape index (κ3) is 4.47. The zero-order chi connectivity index (χ0) is 23.5. The van der Waals surface area contributed by atoms with Gasteiger partial charge >= 0.3 is 0 Å². The van der Waals surface area contributed by atoms with Crippen molar-refractivity contribution in [2.75, 3.05) is 26.6 Å². The van der Waals surface area contributed by atoms with Gasteiger partial charge in [0.05, 0.1) is 43.2 Å². The lowest BCUT2D eigenvalue weighted by Gasteiger charge is -2.24. The molecule has 1 N–H and O–H groups in total. The Bertz CT molecular complexity index is 1210. The number of amides is 1. The molecule has 0 bridgehead atoms. The molecule has 170 valence electrons. The Balaban J connectivity index is 1.63. The molecule has 3 aromatic rings. The number of nitrogens with zero attached hydrogens (tertiary/aromatic N) is 2. The van der Waals surface area contributed by atoms with Crippen molar-refractivity contribution in [2.45, 2.75) is 18.8 Å². The van der Waals surface area contributed by atoms with Crippen LogP contribution in [0.3, 0.4) is 0 Å². The van der Waals surface area contributed by atoms with E-state index in [4.69, 9.17) is 25.8 Å². The van der Waals surface area contributed by atoms with Crippen LogP contribution in [0.4, 0.5) is 5.95 Å². The minimum atomic E-state index is -0.427. The van der Waals surface area contributed by atoms with Gasteiger partial charge in [0, 0.05) is 12.6 Å². The highest BCUT2D eigenvalue weighted by atomic mass is 35.5. The Morgan fingerprint density at radius 2 is 1.76 bits per heavy atom. The molecule has 0 unspecified atom stereocenters. The van der Waals surface area contributed by atoms with Gasteiger partial charge in [-0.15, -0.1) is 0 Å². The van der Waals surface area contributed by atoms with E-state index >= 15 is 0 Å². The molecule has 0 saturated carbocycles. The third-order valence-corrected chi connectivity index (χ3v) is 5.87. The third-order valence-electron chi connectivity index (χ3n) is 5.54. The van der Waals surface area contributed by atoms with Crippen LogP contribution < -0.4 is 19.5 Å². The van der Waals surface area contributed by atoms with Crippen molar-refractivity contribution >= 4 is 29.2 Å². The second-order valence-electron chi connectivity index (χ2n) is 7.47. The number of carbonyl (C=O) groups excluding carboxylic acids is 2. The molecule has 1 atom stereocenters. The Labute approximate surface area is 195 Å². The summed E-state index contributed by atoms with van der Waals surface area (Å²) in [6.07, 6.45) is 2.23. The summed E-state index contributed by atoms with van der Waals surface area (Å²) in [4.78, 5) is 34.0. The van der Waals surface area contributed by atoms with Crippen LogP contribution in [0.15, 0.2) is 42.6 Å². The number of anilines is 1. The van der Waals surface area contributed by atoms with E-state index < -0.39 is 5.91 Å². The maximum atomic E-state index is 12.8. The maximum Gasteiger partial charge on any atom is 0.259 e. The quantitative estimate of drug-likeness (QED) is 0.576. The summed E-state index contributed by atoms with van der Waals surface area (Å²) in [6.45, 7) is 0. The molecule has 1 aromatic heterocycles. The second-order valence-corrected chi connectivity index (χ2v) is 7.88. The second kappa shape index (κ2) is 9.46. The van der Waals surface area contributed by atoms with Crippen molar-refractivity contribution in [1.29, 1.82) is 0 Å². The van der Waals surface area contributed by atoms with Crippen LogP contribution in [0.5, 0.6) is 17.2 Å². The van der Waals surface area contributed by atoms with Gasteiger partial charge in [0.1, 0.15) is 0 Å². The molecule has 0 fully saturated rings. The van der Waals surface area contributed by atoms with Gasteiger partial charge < -0.3 is 14.2 Å². The Hall–Kier alpha value is -3.65. The van der Waals surface area contributed by atoms with Crippen molar-refractivity contribution in [3.05, 3.63) is 70.0 Å². The molecule has 0 saturated heterocycles. The van der Waals surface area contributed by atoms with E-state index in [0.29, 0.717) is 51.9 Å². The minimum Gasteiger partial charge on any atom is -0.493 e. The summed E-state index contributed by atoms with van der Waals surface area (Å²) in [6, 6.07) is 10.4. The molecule has 33 heavy (non-hydrogen) atoms. The van der Waals surface area contributed by atoms with Crippen molar-refractivity contribution in [2.24, 2.45) is 0 Å². The zero-order valence-corrected chi connectivity index (χ0v) is 19.1. The van der Waals surface area contributed by atoms with E-state index in [-0.39, 0.29) is 17.6 Å². The first-order chi connectivity index (χ1) is 15.9. The maximum absolute atomic E-state index is 12.8. The molecule has 1 amide bonds. The molecule has 0 radical (unpaired) electrons. The summed E-state index contributed by atoms with van der Waals surface area (Å²) >= 11 is 6.10. The number of aromatic nitrogens is 2. The summed E-state index contributed by atoms with van der Waals surface area (Å²) in [7, 11) is 4.63. The number of methoxy groups -OCH3 is 3. The van der Waals surface area contributed by atoms with Gasteiger partial charge in [-0.05, 0) is 42.2 Å². The first kappa shape index (κ1) is 22.5. The van der Waals surface area contributed by atoms with Gasteiger partial charge in [-0.1, -0.05) is 23.7 Å². The molecular formula is C24H22ClN3O5. The fourth-order valence-corrected chi connectivity index (χ4v) is 4.11. The summed E-state index contributed by atoms with van der Waals surface area (Å²) < 4.78 is 16.3. The van der Waals surface area contributed by atoms with Crippen molar-refractivity contribution in [1.82, 2.24) is 9.97 Å². The smallest absolute Gasteiger partial charge is 0.259 e. The average Bonchev–Trinajstić information content (AvgIpc) is 2.82. The topological polar surface area (TPSA) is 99.6 Å². The number of halogens is 1. The Morgan fingerprint density at radius 3 is 2.39 bits per heavy atom. The van der Waals surface area contributed by atoms with Crippen LogP contribution >= 0.6 is 11.6 Å². The van der Waals surface area contributed by atoms with Gasteiger partial charge in [-0.2, -0.15) is 0 Å². The van der Waals surface area contributed by atoms with E-state index in [1.165, 1.54) is 13.3 Å². The largest absolute Gasteiger partial charge is 0.493 e. The molecule has 1 aliphatic rings. The number of carbonyl (C=O) groups is 2. The summed E-state index contributed by atoms with van der Waals surface area (Å²) in [5.74, 6) is 0.972. The average molecular weight is 468 g/mol. The minimum absolute atomic E-state index is 0.0704. The molecule has 1 aliphatic carbocycles. The lowest BCUT2D eigenvalue weighted by molar-refractivity contribution is 0.0962. The Kier molecular flexibility index (Phi) is 6.46. The normalized spacial score (nSPS) is 14.9. The van der Waals surface area contributed by atoms with E-state index in [0.717, 1.165) is 5.56 Å². The van der Waals surface area contributed by atoms with Crippen LogP contribution in [0.25, 0.3) is 0 Å². The number of rotatable bonds is 6. The highest BCUT2D eigenvalue weighted by molar-refractivity contribution is 6.34. The van der Waals surface area contributed by atoms with Gasteiger partial charge in [-0.25, -0.2) is 9.97 Å². The van der Waals surface area contributed by atoms with Gasteiger partial charge in [0.2, 0.25) is 11.7 Å². The number of hydrogen-bond donors (Lipinski definition) is 1. The molecule has 2 aromatic carbocycles. The number of fused-ring (bicyclic) bond motifs is 1. The van der Waals surface area contributed by atoms with E-state index in [1.54, 1.807) is 38.5 Å². The van der Waals surface area contributed by atoms with Crippen molar-refractivity contribution in [3.63, 3.8) is 0 Å². The van der Waals surface area contributed by atoms with Gasteiger partial charge in [0.15, 0.2) is 17.3 Å². The lowest BCUT2D eigenvalue weighted by Crippen LogP contribution is -2.22. The number of hydrogen-bond acceptors (Lipinski definition) is 7. The summed E-state index contributed by atoms with van der Waals surface area (Å²) in [5.41, 5.74) is 2.19. The van der Waals surface area contributed by atoms with Gasteiger partial charge in [-0.3, -0.25) is 14.9 Å². The van der Waals surface area contributed by atoms with Crippen molar-refractivity contribution in [3.8, 4) is 17.2 Å². The van der Waals surface area contributed by atoms with E-state index in [1.807, 2.05) is 12.1 Å². The van der Waals surface area contributed by atoms with Crippen LogP contribution in [-0.2, 0) is 6.42 Å². The Morgan fingerprint density at radius 1 is 1.06 bits per heavy atom. The monoisotopic (exact) mass is 467 g/mol. The zero-order valence-electron chi connectivity index (χ0n) is 18.3. The number of nitrogens with one attached hydrogen (secondary N) is 1. The van der Waals surface area contributed by atoms with Crippen LogP contribution in [0, 0.1) is 0 Å². The van der Waals surface area contributed by atoms with Crippen LogP contribution in [-0.4, -0.2) is 43.0 Å². The standard InChI is InChI=1S/C24H22ClN3O5/c1-31-20-10-14(11-21(32-2)22(20)33-3)13-8-18-16(19(29)9-13)12-26-24(27-18)28-23(30)15-6-4-5-7-17(15)25/h4-7,10-13H,8-9H2,1-3H3,(H,26,27,28,30)/t13-/m0/s1. The van der Waals surface area contributed by atoms with E-state index in [9.17, 15) is 9.59 Å². The van der Waals surface area contributed by atoms with Crippen LogP contribution in [0.2, 0.25) is 5.02 Å². The van der Waals surface area contributed by atoms with Crippen LogP contribution in [0.1, 0.15) is 44.3 Å². The van der Waals surface area contributed by atoms with Crippen molar-refractivity contribution < 1.29 is 23.8 Å². The predicted octanol–water partition coefficient (Wildman–Crippen LogP) is 4.32. The first-order valence-corrected chi connectivity index (χ1v) is 10.6. The highest BCUT2D eigenvalue weighted by Crippen LogP contribution is 2.42.